The van der Waals surface area contributed by atoms with Crippen molar-refractivity contribution in [2.45, 2.75) is 0 Å². The molecule has 32 heavy (non-hydrogen) atoms. The van der Waals surface area contributed by atoms with Crippen molar-refractivity contribution in [1.82, 2.24) is 0 Å². The zero-order valence-electron chi connectivity index (χ0n) is 17.1. The van der Waals surface area contributed by atoms with Crippen molar-refractivity contribution in [2.75, 3.05) is 11.5 Å². The Kier molecular flexibility index (Phi) is 5.70. The van der Waals surface area contributed by atoms with Crippen LogP contribution in [0.2, 0.25) is 0 Å². The van der Waals surface area contributed by atoms with Gasteiger partial charge in [-0.1, -0.05) is 60.1 Å². The third-order valence-electron chi connectivity index (χ3n) is 4.85. The van der Waals surface area contributed by atoms with E-state index in [0.717, 1.165) is 11.1 Å². The normalized spacial score (nSPS) is 9.88. The molecule has 4 aromatic rings. The third-order valence-corrected chi connectivity index (χ3v) is 4.85. The Balaban J connectivity index is 1.90. The van der Waals surface area contributed by atoms with Gasteiger partial charge in [-0.3, -0.25) is 0 Å². The number of hydrogen-bond donors (Lipinski definition) is 4. The van der Waals surface area contributed by atoms with E-state index in [2.05, 4.69) is 23.7 Å². The molecule has 0 aliphatic heterocycles. The second kappa shape index (κ2) is 8.92. The van der Waals surface area contributed by atoms with Crippen LogP contribution in [0.25, 0.3) is 11.1 Å². The van der Waals surface area contributed by atoms with Crippen molar-refractivity contribution in [3.05, 3.63) is 107 Å². The summed E-state index contributed by atoms with van der Waals surface area (Å²) < 4.78 is 0. The van der Waals surface area contributed by atoms with E-state index in [1.807, 2.05) is 60.7 Å². The van der Waals surface area contributed by atoms with Gasteiger partial charge in [0, 0.05) is 33.4 Å². The fraction of sp³-hybridized carbons (Fsp3) is 0. The first-order chi connectivity index (χ1) is 15.5. The third kappa shape index (κ3) is 4.51. The van der Waals surface area contributed by atoms with Crippen LogP contribution in [-0.4, -0.2) is 10.2 Å². The molecular weight excluding hydrogens is 396 g/mol. The maximum atomic E-state index is 10.2. The van der Waals surface area contributed by atoms with E-state index >= 15 is 0 Å². The van der Waals surface area contributed by atoms with Crippen molar-refractivity contribution in [2.24, 2.45) is 0 Å². The SMILES string of the molecule is Nc1cc(-c2cc(N)c(O)cc2C#Cc2ccccc2)c(C#Cc2ccccc2)cc1O. The molecule has 0 aliphatic carbocycles. The summed E-state index contributed by atoms with van der Waals surface area (Å²) in [6.45, 7) is 0. The molecule has 4 heteroatoms. The quantitative estimate of drug-likeness (QED) is 0.205. The van der Waals surface area contributed by atoms with Crippen molar-refractivity contribution in [3.63, 3.8) is 0 Å². The van der Waals surface area contributed by atoms with Gasteiger partial charge in [0.05, 0.1) is 11.4 Å². The number of phenolic OH excluding ortho intramolecular Hbond substituents is 2. The molecule has 0 heterocycles. The summed E-state index contributed by atoms with van der Waals surface area (Å²) >= 11 is 0. The Hall–Kier alpha value is -4.80. The molecule has 0 saturated heterocycles. The van der Waals surface area contributed by atoms with Gasteiger partial charge in [-0.15, -0.1) is 0 Å². The number of nitrogens with two attached hydrogens (primary N) is 2. The Morgan fingerprint density at radius 3 is 1.25 bits per heavy atom. The summed E-state index contributed by atoms with van der Waals surface area (Å²) in [6.07, 6.45) is 0. The van der Waals surface area contributed by atoms with Gasteiger partial charge in [-0.25, -0.2) is 0 Å². The molecule has 154 valence electrons. The first kappa shape index (κ1) is 20.5. The molecule has 0 bridgehead atoms. The molecule has 0 spiro atoms. The number of rotatable bonds is 1. The average Bonchev–Trinajstić information content (AvgIpc) is 2.81. The molecule has 0 radical (unpaired) electrons. The van der Waals surface area contributed by atoms with E-state index in [1.54, 1.807) is 12.1 Å². The van der Waals surface area contributed by atoms with Crippen LogP contribution in [0.1, 0.15) is 22.3 Å². The van der Waals surface area contributed by atoms with Crippen molar-refractivity contribution in [3.8, 4) is 46.3 Å². The lowest BCUT2D eigenvalue weighted by atomic mass is 9.93. The van der Waals surface area contributed by atoms with E-state index in [1.165, 1.54) is 12.1 Å². The van der Waals surface area contributed by atoms with Gasteiger partial charge in [0.2, 0.25) is 0 Å². The molecule has 4 rings (SSSR count). The van der Waals surface area contributed by atoms with Gasteiger partial charge in [0.15, 0.2) is 0 Å². The minimum absolute atomic E-state index is 0.0604. The van der Waals surface area contributed by atoms with Crippen LogP contribution in [0, 0.1) is 23.7 Å². The van der Waals surface area contributed by atoms with E-state index in [-0.39, 0.29) is 22.9 Å². The second-order valence-electron chi connectivity index (χ2n) is 7.15. The summed E-state index contributed by atoms with van der Waals surface area (Å²) in [5, 5.41) is 20.4. The number of hydrogen-bond acceptors (Lipinski definition) is 4. The fourth-order valence-corrected chi connectivity index (χ4v) is 3.18. The molecule has 0 fully saturated rings. The van der Waals surface area contributed by atoms with Crippen LogP contribution < -0.4 is 11.5 Å². The van der Waals surface area contributed by atoms with Crippen LogP contribution in [-0.2, 0) is 0 Å². The molecule has 0 aliphatic rings. The molecule has 0 unspecified atom stereocenters. The minimum atomic E-state index is -0.0604. The number of phenols is 2. The first-order valence-electron chi connectivity index (χ1n) is 9.91. The topological polar surface area (TPSA) is 92.5 Å². The lowest BCUT2D eigenvalue weighted by Gasteiger charge is -2.12. The highest BCUT2D eigenvalue weighted by molar-refractivity contribution is 5.84. The van der Waals surface area contributed by atoms with E-state index < -0.39 is 0 Å². The van der Waals surface area contributed by atoms with Gasteiger partial charge in [-0.2, -0.15) is 0 Å². The van der Waals surface area contributed by atoms with Crippen LogP contribution in [0.3, 0.4) is 0 Å². The first-order valence-corrected chi connectivity index (χ1v) is 9.91. The molecule has 4 aromatic carbocycles. The summed E-state index contributed by atoms with van der Waals surface area (Å²) in [5.41, 5.74) is 16.5. The zero-order chi connectivity index (χ0) is 22.5. The number of aromatic hydroxyl groups is 2. The summed E-state index contributed by atoms with van der Waals surface area (Å²) in [4.78, 5) is 0. The Morgan fingerprint density at radius 2 is 0.875 bits per heavy atom. The zero-order valence-corrected chi connectivity index (χ0v) is 17.1. The van der Waals surface area contributed by atoms with E-state index in [4.69, 9.17) is 11.5 Å². The van der Waals surface area contributed by atoms with Gasteiger partial charge in [-0.05, 0) is 48.5 Å². The van der Waals surface area contributed by atoms with Crippen LogP contribution >= 0.6 is 0 Å². The molecule has 0 saturated carbocycles. The molecule has 0 amide bonds. The van der Waals surface area contributed by atoms with E-state index in [0.29, 0.717) is 22.3 Å². The highest BCUT2D eigenvalue weighted by atomic mass is 16.3. The summed E-state index contributed by atoms with van der Waals surface area (Å²) in [7, 11) is 0. The minimum Gasteiger partial charge on any atom is -0.506 e. The molecule has 4 nitrogen and oxygen atoms in total. The highest BCUT2D eigenvalue weighted by Gasteiger charge is 2.14. The van der Waals surface area contributed by atoms with Gasteiger partial charge in [0.1, 0.15) is 11.5 Å². The number of benzene rings is 4. The Labute approximate surface area is 186 Å². The Bertz CT molecular complexity index is 1290. The molecule has 0 atom stereocenters. The standard InChI is InChI=1S/C28H20N2O2/c29-25-17-23(21(15-27(25)31)13-11-19-7-3-1-4-8-19)24-18-26(30)28(32)16-22(24)14-12-20-9-5-2-6-10-20/h1-10,15-18,31-32H,29-30H2. The summed E-state index contributed by atoms with van der Waals surface area (Å²) in [6, 6.07) is 25.4. The van der Waals surface area contributed by atoms with Crippen LogP contribution in [0.4, 0.5) is 11.4 Å². The highest BCUT2D eigenvalue weighted by Crippen LogP contribution is 2.37. The van der Waals surface area contributed by atoms with Crippen LogP contribution in [0.15, 0.2) is 84.9 Å². The smallest absolute Gasteiger partial charge is 0.139 e. The monoisotopic (exact) mass is 416 g/mol. The number of anilines is 2. The lowest BCUT2D eigenvalue weighted by molar-refractivity contribution is 0.477. The largest absolute Gasteiger partial charge is 0.506 e. The van der Waals surface area contributed by atoms with Crippen LogP contribution in [0.5, 0.6) is 11.5 Å². The van der Waals surface area contributed by atoms with Crippen molar-refractivity contribution in [1.29, 1.82) is 0 Å². The van der Waals surface area contributed by atoms with Gasteiger partial charge >= 0.3 is 0 Å². The van der Waals surface area contributed by atoms with E-state index in [9.17, 15) is 10.2 Å². The maximum absolute atomic E-state index is 10.2. The molecule has 0 aromatic heterocycles. The fourth-order valence-electron chi connectivity index (χ4n) is 3.18. The maximum Gasteiger partial charge on any atom is 0.139 e. The van der Waals surface area contributed by atoms with Gasteiger partial charge in [0.25, 0.3) is 0 Å². The Morgan fingerprint density at radius 1 is 0.500 bits per heavy atom. The molecule has 6 N–H and O–H groups in total. The second-order valence-corrected chi connectivity index (χ2v) is 7.15. The predicted molar refractivity (Wildman–Crippen MR) is 129 cm³/mol. The predicted octanol–water partition coefficient (Wildman–Crippen LogP) is 4.73. The van der Waals surface area contributed by atoms with Crippen molar-refractivity contribution < 1.29 is 10.2 Å². The average molecular weight is 416 g/mol. The lowest BCUT2D eigenvalue weighted by Crippen LogP contribution is -1.96. The van der Waals surface area contributed by atoms with Crippen molar-refractivity contribution >= 4 is 11.4 Å². The number of nitrogen functional groups attached to an aromatic ring is 2. The molecular formula is C28H20N2O2. The summed E-state index contributed by atoms with van der Waals surface area (Å²) in [5.74, 6) is 12.3. The van der Waals surface area contributed by atoms with Gasteiger partial charge < -0.3 is 21.7 Å².